The molecule has 1 amide bonds. The third-order valence-corrected chi connectivity index (χ3v) is 3.45. The van der Waals surface area contributed by atoms with Crippen LogP contribution in [0.2, 0.25) is 0 Å². The molecule has 1 saturated heterocycles. The van der Waals surface area contributed by atoms with E-state index in [0.717, 1.165) is 13.1 Å². The fraction of sp³-hybridized carbons (Fsp3) is 0.538. The lowest BCUT2D eigenvalue weighted by molar-refractivity contribution is 0.0513. The van der Waals surface area contributed by atoms with Gasteiger partial charge in [-0.15, -0.1) is 0 Å². The summed E-state index contributed by atoms with van der Waals surface area (Å²) in [7, 11) is 3.58. The number of amides is 1. The van der Waals surface area contributed by atoms with Crippen LogP contribution in [0.1, 0.15) is 10.4 Å². The summed E-state index contributed by atoms with van der Waals surface area (Å²) >= 11 is 0. The maximum absolute atomic E-state index is 12.6. The molecule has 6 heteroatoms. The Hall–Kier alpha value is -1.66. The van der Waals surface area contributed by atoms with E-state index in [2.05, 4.69) is 9.88 Å². The quantitative estimate of drug-likeness (QED) is 0.819. The normalized spacial score (nSPS) is 20.4. The minimum absolute atomic E-state index is 0.0391. The van der Waals surface area contributed by atoms with Crippen LogP contribution in [-0.4, -0.2) is 67.1 Å². The molecule has 1 aliphatic rings. The third kappa shape index (κ3) is 2.85. The van der Waals surface area contributed by atoms with E-state index in [4.69, 9.17) is 10.5 Å². The van der Waals surface area contributed by atoms with Crippen molar-refractivity contribution in [2.45, 2.75) is 6.04 Å². The number of hydrogen-bond donors (Lipinski definition) is 1. The molecule has 1 unspecified atom stereocenters. The number of likely N-dealkylation sites (N-methyl/N-ethyl adjacent to an activating group) is 1. The van der Waals surface area contributed by atoms with Crippen molar-refractivity contribution in [2.75, 3.05) is 40.3 Å². The van der Waals surface area contributed by atoms with Crippen molar-refractivity contribution in [2.24, 2.45) is 5.73 Å². The molecule has 0 aromatic carbocycles. The van der Waals surface area contributed by atoms with E-state index in [0.29, 0.717) is 24.4 Å². The van der Waals surface area contributed by atoms with Gasteiger partial charge in [-0.2, -0.15) is 0 Å². The number of pyridine rings is 1. The van der Waals surface area contributed by atoms with E-state index in [1.54, 1.807) is 18.5 Å². The van der Waals surface area contributed by atoms with Crippen LogP contribution in [0.5, 0.6) is 5.75 Å². The Kier molecular flexibility index (Phi) is 4.34. The summed E-state index contributed by atoms with van der Waals surface area (Å²) < 4.78 is 5.20. The molecule has 1 atom stereocenters. The van der Waals surface area contributed by atoms with Crippen LogP contribution in [0.15, 0.2) is 18.5 Å². The van der Waals surface area contributed by atoms with Crippen molar-refractivity contribution in [3.63, 3.8) is 0 Å². The van der Waals surface area contributed by atoms with Crippen LogP contribution in [0.4, 0.5) is 0 Å². The molecular weight excluding hydrogens is 244 g/mol. The van der Waals surface area contributed by atoms with Crippen molar-refractivity contribution in [1.82, 2.24) is 14.8 Å². The summed E-state index contributed by atoms with van der Waals surface area (Å²) in [5.74, 6) is 0.463. The summed E-state index contributed by atoms with van der Waals surface area (Å²) in [6.45, 7) is 2.80. The topological polar surface area (TPSA) is 71.7 Å². The lowest BCUT2D eigenvalue weighted by Crippen LogP contribution is -2.56. The van der Waals surface area contributed by atoms with E-state index in [9.17, 15) is 4.79 Å². The lowest BCUT2D eigenvalue weighted by Gasteiger charge is -2.39. The minimum atomic E-state index is -0.0391. The number of carbonyl (C=O) groups is 1. The molecule has 0 radical (unpaired) electrons. The second-order valence-electron chi connectivity index (χ2n) is 4.73. The molecule has 1 fully saturated rings. The zero-order valence-electron chi connectivity index (χ0n) is 11.4. The number of nitrogens with two attached hydrogens (primary N) is 1. The van der Waals surface area contributed by atoms with Crippen molar-refractivity contribution in [1.29, 1.82) is 0 Å². The van der Waals surface area contributed by atoms with Crippen molar-refractivity contribution in [3.05, 3.63) is 24.0 Å². The Labute approximate surface area is 113 Å². The second kappa shape index (κ2) is 5.99. The van der Waals surface area contributed by atoms with E-state index in [-0.39, 0.29) is 11.9 Å². The number of nitrogens with zero attached hydrogens (tertiary/aromatic N) is 3. The van der Waals surface area contributed by atoms with Gasteiger partial charge in [0, 0.05) is 32.4 Å². The number of ether oxygens (including phenoxy) is 1. The zero-order valence-corrected chi connectivity index (χ0v) is 11.4. The minimum Gasteiger partial charge on any atom is -0.494 e. The first-order valence-corrected chi connectivity index (χ1v) is 6.35. The second-order valence-corrected chi connectivity index (χ2v) is 4.73. The average molecular weight is 264 g/mol. The number of aromatic nitrogens is 1. The van der Waals surface area contributed by atoms with E-state index in [1.807, 2.05) is 11.9 Å². The van der Waals surface area contributed by atoms with Crippen LogP contribution in [0, 0.1) is 0 Å². The molecule has 0 saturated carbocycles. The predicted molar refractivity (Wildman–Crippen MR) is 72.2 cm³/mol. The molecule has 1 aliphatic heterocycles. The highest BCUT2D eigenvalue weighted by atomic mass is 16.5. The Bertz CT molecular complexity index is 452. The number of piperazine rings is 1. The van der Waals surface area contributed by atoms with Crippen LogP contribution in [0.3, 0.4) is 0 Å². The Morgan fingerprint density at radius 2 is 2.37 bits per heavy atom. The molecule has 6 nitrogen and oxygen atoms in total. The predicted octanol–water partition coefficient (Wildman–Crippen LogP) is -0.195. The Balaban J connectivity index is 2.22. The molecule has 2 heterocycles. The molecule has 1 aromatic heterocycles. The van der Waals surface area contributed by atoms with Crippen LogP contribution in [-0.2, 0) is 0 Å². The highest BCUT2D eigenvalue weighted by molar-refractivity contribution is 5.97. The highest BCUT2D eigenvalue weighted by Gasteiger charge is 2.30. The highest BCUT2D eigenvalue weighted by Crippen LogP contribution is 2.20. The molecule has 104 valence electrons. The van der Waals surface area contributed by atoms with Gasteiger partial charge >= 0.3 is 0 Å². The monoisotopic (exact) mass is 264 g/mol. The number of carbonyl (C=O) groups excluding carboxylic acids is 1. The summed E-state index contributed by atoms with van der Waals surface area (Å²) in [6, 6.07) is 1.73. The van der Waals surface area contributed by atoms with Crippen molar-refractivity contribution < 1.29 is 9.53 Å². The molecule has 0 spiro atoms. The van der Waals surface area contributed by atoms with E-state index >= 15 is 0 Å². The van der Waals surface area contributed by atoms with Gasteiger partial charge in [-0.05, 0) is 13.1 Å². The van der Waals surface area contributed by atoms with Gasteiger partial charge in [-0.25, -0.2) is 0 Å². The standard InChI is InChI=1S/C13H20N4O2/c1-16-5-6-17(10(7-14)9-16)13(18)11-3-4-15-8-12(11)19-2/h3-4,8,10H,5-7,9,14H2,1-2H3. The van der Waals surface area contributed by atoms with E-state index in [1.165, 1.54) is 7.11 Å². The van der Waals surface area contributed by atoms with Gasteiger partial charge in [0.25, 0.3) is 5.91 Å². The van der Waals surface area contributed by atoms with Crippen molar-refractivity contribution >= 4 is 5.91 Å². The van der Waals surface area contributed by atoms with E-state index < -0.39 is 0 Å². The first kappa shape index (κ1) is 13.8. The summed E-state index contributed by atoms with van der Waals surface area (Å²) in [6.07, 6.45) is 3.16. The van der Waals surface area contributed by atoms with Gasteiger partial charge in [-0.3, -0.25) is 9.78 Å². The number of hydrogen-bond acceptors (Lipinski definition) is 5. The summed E-state index contributed by atoms with van der Waals surface area (Å²) in [4.78, 5) is 20.6. The molecule has 0 aliphatic carbocycles. The Morgan fingerprint density at radius 3 is 3.05 bits per heavy atom. The largest absolute Gasteiger partial charge is 0.494 e. The lowest BCUT2D eigenvalue weighted by atomic mass is 10.1. The van der Waals surface area contributed by atoms with Gasteiger partial charge in [-0.1, -0.05) is 0 Å². The van der Waals surface area contributed by atoms with Crippen molar-refractivity contribution in [3.8, 4) is 5.75 Å². The summed E-state index contributed by atoms with van der Waals surface area (Å²) in [5, 5.41) is 0. The molecular formula is C13H20N4O2. The maximum Gasteiger partial charge on any atom is 0.258 e. The molecule has 1 aromatic rings. The SMILES string of the molecule is COc1cnccc1C(=O)N1CCN(C)CC1CN. The zero-order chi connectivity index (χ0) is 13.8. The van der Waals surface area contributed by atoms with Gasteiger partial charge < -0.3 is 20.3 Å². The average Bonchev–Trinajstić information content (AvgIpc) is 2.46. The first-order valence-electron chi connectivity index (χ1n) is 6.35. The number of methoxy groups -OCH3 is 1. The molecule has 2 N–H and O–H groups in total. The van der Waals surface area contributed by atoms with Gasteiger partial charge in [0.05, 0.1) is 24.9 Å². The fourth-order valence-electron chi connectivity index (χ4n) is 2.35. The maximum atomic E-state index is 12.6. The van der Waals surface area contributed by atoms with Crippen LogP contribution in [0.25, 0.3) is 0 Å². The van der Waals surface area contributed by atoms with Crippen LogP contribution >= 0.6 is 0 Å². The Morgan fingerprint density at radius 1 is 1.58 bits per heavy atom. The summed E-state index contributed by atoms with van der Waals surface area (Å²) in [5.41, 5.74) is 6.32. The smallest absolute Gasteiger partial charge is 0.258 e. The first-order chi connectivity index (χ1) is 9.17. The van der Waals surface area contributed by atoms with Gasteiger partial charge in [0.15, 0.2) is 0 Å². The van der Waals surface area contributed by atoms with Crippen LogP contribution < -0.4 is 10.5 Å². The van der Waals surface area contributed by atoms with Gasteiger partial charge in [0.1, 0.15) is 5.75 Å². The molecule has 0 bridgehead atoms. The fourth-order valence-corrected chi connectivity index (χ4v) is 2.35. The molecule has 19 heavy (non-hydrogen) atoms. The molecule has 2 rings (SSSR count). The third-order valence-electron chi connectivity index (χ3n) is 3.45. The van der Waals surface area contributed by atoms with Gasteiger partial charge in [0.2, 0.25) is 0 Å². The number of rotatable bonds is 3.